The molecule has 0 spiro atoms. The molecule has 0 N–H and O–H groups in total. The van der Waals surface area contributed by atoms with Gasteiger partial charge < -0.3 is 9.64 Å². The molecule has 3 aromatic rings. The second-order valence-electron chi connectivity index (χ2n) is 8.55. The highest BCUT2D eigenvalue weighted by atomic mass is 16.5. The Bertz CT molecular complexity index is 1030. The molecule has 32 heavy (non-hydrogen) atoms. The molecule has 0 radical (unpaired) electrons. The van der Waals surface area contributed by atoms with E-state index in [2.05, 4.69) is 22.0 Å². The van der Waals surface area contributed by atoms with Crippen LogP contribution in [0.2, 0.25) is 0 Å². The number of hydrogen-bond acceptors (Lipinski definition) is 5. The number of hydrogen-bond donors (Lipinski definition) is 0. The van der Waals surface area contributed by atoms with Gasteiger partial charge in [0.15, 0.2) is 6.61 Å². The monoisotopic (exact) mass is 431 g/mol. The van der Waals surface area contributed by atoms with E-state index in [0.29, 0.717) is 0 Å². The molecule has 0 saturated carbocycles. The van der Waals surface area contributed by atoms with E-state index in [9.17, 15) is 4.79 Å². The van der Waals surface area contributed by atoms with E-state index in [4.69, 9.17) is 9.72 Å². The van der Waals surface area contributed by atoms with Crippen molar-refractivity contribution in [1.82, 2.24) is 24.3 Å². The third-order valence-corrected chi connectivity index (χ3v) is 6.33. The summed E-state index contributed by atoms with van der Waals surface area (Å²) in [6.45, 7) is 4.13. The Hall–Kier alpha value is -3.19. The second kappa shape index (κ2) is 9.53. The summed E-state index contributed by atoms with van der Waals surface area (Å²) in [6.07, 6.45) is 9.81. The third-order valence-electron chi connectivity index (χ3n) is 6.33. The van der Waals surface area contributed by atoms with Crippen LogP contribution in [0.4, 0.5) is 0 Å². The molecular weight excluding hydrogens is 402 g/mol. The summed E-state index contributed by atoms with van der Waals surface area (Å²) in [6, 6.07) is 14.0. The lowest BCUT2D eigenvalue weighted by Crippen LogP contribution is -2.34. The van der Waals surface area contributed by atoms with Crippen molar-refractivity contribution in [1.29, 1.82) is 0 Å². The minimum Gasteiger partial charge on any atom is -0.484 e. The summed E-state index contributed by atoms with van der Waals surface area (Å²) < 4.78 is 7.71. The van der Waals surface area contributed by atoms with Gasteiger partial charge in [-0.15, -0.1) is 0 Å². The van der Waals surface area contributed by atoms with Crippen molar-refractivity contribution in [3.8, 4) is 11.6 Å². The maximum Gasteiger partial charge on any atom is 0.261 e. The summed E-state index contributed by atoms with van der Waals surface area (Å²) in [5, 5.41) is 0. The van der Waals surface area contributed by atoms with E-state index >= 15 is 0 Å². The first-order valence-corrected chi connectivity index (χ1v) is 11.5. The fourth-order valence-corrected chi connectivity index (χ4v) is 4.65. The lowest BCUT2D eigenvalue weighted by atomic mass is 10.1. The van der Waals surface area contributed by atoms with E-state index in [1.54, 1.807) is 12.5 Å². The number of pyridine rings is 1. The van der Waals surface area contributed by atoms with Crippen LogP contribution in [0.25, 0.3) is 5.82 Å². The van der Waals surface area contributed by atoms with Crippen molar-refractivity contribution in [2.24, 2.45) is 0 Å². The maximum atomic E-state index is 13.0. The van der Waals surface area contributed by atoms with Crippen LogP contribution in [0.15, 0.2) is 61.2 Å². The van der Waals surface area contributed by atoms with Gasteiger partial charge in [0.25, 0.3) is 5.91 Å². The van der Waals surface area contributed by atoms with Gasteiger partial charge in [0.05, 0.1) is 11.7 Å². The maximum absolute atomic E-state index is 13.0. The second-order valence-corrected chi connectivity index (χ2v) is 8.55. The molecule has 2 aromatic heterocycles. The highest BCUT2D eigenvalue weighted by Crippen LogP contribution is 2.31. The van der Waals surface area contributed by atoms with Gasteiger partial charge in [-0.2, -0.15) is 0 Å². The molecule has 2 aliphatic heterocycles. The lowest BCUT2D eigenvalue weighted by molar-refractivity contribution is -0.134. The van der Waals surface area contributed by atoms with Crippen molar-refractivity contribution in [2.75, 3.05) is 26.2 Å². The van der Waals surface area contributed by atoms with Crippen molar-refractivity contribution in [3.63, 3.8) is 0 Å². The zero-order valence-corrected chi connectivity index (χ0v) is 18.3. The van der Waals surface area contributed by atoms with Crippen molar-refractivity contribution in [2.45, 2.75) is 38.3 Å². The van der Waals surface area contributed by atoms with E-state index in [1.165, 1.54) is 31.5 Å². The van der Waals surface area contributed by atoms with Crippen LogP contribution in [0.3, 0.4) is 0 Å². The van der Waals surface area contributed by atoms with Crippen LogP contribution in [0.5, 0.6) is 5.75 Å². The van der Waals surface area contributed by atoms with Crippen molar-refractivity contribution < 1.29 is 9.53 Å². The Morgan fingerprint density at radius 2 is 1.88 bits per heavy atom. The Balaban J connectivity index is 1.19. The van der Waals surface area contributed by atoms with E-state index in [1.807, 2.05) is 46.0 Å². The average molecular weight is 432 g/mol. The van der Waals surface area contributed by atoms with Gasteiger partial charge in [-0.05, 0) is 68.6 Å². The Labute approximate surface area is 188 Å². The average Bonchev–Trinajstić information content (AvgIpc) is 3.61. The first-order valence-electron chi connectivity index (χ1n) is 11.5. The molecule has 0 bridgehead atoms. The van der Waals surface area contributed by atoms with Crippen LogP contribution in [-0.2, 0) is 11.3 Å². The zero-order chi connectivity index (χ0) is 21.8. The summed E-state index contributed by atoms with van der Waals surface area (Å²) in [5.74, 6) is 1.55. The minimum atomic E-state index is -0.0163. The number of carbonyl (C=O) groups is 1. The van der Waals surface area contributed by atoms with E-state index in [0.717, 1.165) is 43.2 Å². The smallest absolute Gasteiger partial charge is 0.261 e. The first-order chi connectivity index (χ1) is 15.8. The van der Waals surface area contributed by atoms with Crippen molar-refractivity contribution >= 4 is 5.91 Å². The number of benzene rings is 1. The number of aromatic nitrogens is 3. The highest BCUT2D eigenvalue weighted by molar-refractivity contribution is 5.78. The predicted octanol–water partition coefficient (Wildman–Crippen LogP) is 3.61. The third kappa shape index (κ3) is 4.67. The first kappa shape index (κ1) is 20.7. The van der Waals surface area contributed by atoms with Crippen LogP contribution < -0.4 is 4.74 Å². The summed E-state index contributed by atoms with van der Waals surface area (Å²) in [7, 11) is 0. The van der Waals surface area contributed by atoms with Crippen LogP contribution in [-0.4, -0.2) is 56.5 Å². The van der Waals surface area contributed by atoms with E-state index in [-0.39, 0.29) is 18.6 Å². The number of rotatable bonds is 7. The van der Waals surface area contributed by atoms with Crippen LogP contribution >= 0.6 is 0 Å². The number of amides is 1. The molecule has 1 unspecified atom stereocenters. The standard InChI is InChI=1S/C25H29N5O2/c31-25(18-32-21-10-8-20(9-11-21)17-28-13-1-2-14-28)30-15-4-6-23(30)22-5-3-7-24(27-22)29-16-12-26-19-29/h3,5,7-12,16,19,23H,1-2,4,6,13-15,17-18H2. The molecular formula is C25H29N5O2. The fourth-order valence-electron chi connectivity index (χ4n) is 4.65. The molecule has 4 heterocycles. The Morgan fingerprint density at radius 1 is 1.03 bits per heavy atom. The van der Waals surface area contributed by atoms with E-state index < -0.39 is 0 Å². The minimum absolute atomic E-state index is 0.00322. The van der Waals surface area contributed by atoms with Gasteiger partial charge >= 0.3 is 0 Å². The van der Waals surface area contributed by atoms with Gasteiger partial charge in [-0.1, -0.05) is 18.2 Å². The number of ether oxygens (including phenoxy) is 1. The number of imidazole rings is 1. The number of nitrogens with zero attached hydrogens (tertiary/aromatic N) is 5. The topological polar surface area (TPSA) is 63.5 Å². The summed E-state index contributed by atoms with van der Waals surface area (Å²) in [4.78, 5) is 26.2. The molecule has 5 rings (SSSR count). The van der Waals surface area contributed by atoms with Crippen LogP contribution in [0.1, 0.15) is 43.0 Å². The van der Waals surface area contributed by atoms with Gasteiger partial charge in [-0.25, -0.2) is 9.97 Å². The summed E-state index contributed by atoms with van der Waals surface area (Å²) in [5.41, 5.74) is 2.20. The molecule has 2 fully saturated rings. The molecule has 0 aliphatic carbocycles. The quantitative estimate of drug-likeness (QED) is 0.572. The normalized spacial score (nSPS) is 18.9. The van der Waals surface area contributed by atoms with Gasteiger partial charge in [0.2, 0.25) is 0 Å². The molecule has 7 heteroatoms. The van der Waals surface area contributed by atoms with Crippen molar-refractivity contribution in [3.05, 3.63) is 72.4 Å². The highest BCUT2D eigenvalue weighted by Gasteiger charge is 2.31. The molecule has 7 nitrogen and oxygen atoms in total. The Morgan fingerprint density at radius 3 is 2.66 bits per heavy atom. The van der Waals surface area contributed by atoms with Crippen LogP contribution in [0, 0.1) is 0 Å². The fraction of sp³-hybridized carbons (Fsp3) is 0.400. The molecule has 2 aliphatic rings. The van der Waals surface area contributed by atoms with Gasteiger partial charge in [0, 0.05) is 25.5 Å². The van der Waals surface area contributed by atoms with Gasteiger partial charge in [0.1, 0.15) is 17.9 Å². The predicted molar refractivity (Wildman–Crippen MR) is 121 cm³/mol. The molecule has 2 saturated heterocycles. The lowest BCUT2D eigenvalue weighted by Gasteiger charge is -2.24. The molecule has 166 valence electrons. The molecule has 1 amide bonds. The zero-order valence-electron chi connectivity index (χ0n) is 18.3. The number of carbonyl (C=O) groups excluding carboxylic acids is 1. The summed E-state index contributed by atoms with van der Waals surface area (Å²) >= 11 is 0. The largest absolute Gasteiger partial charge is 0.484 e. The number of likely N-dealkylation sites (tertiary alicyclic amines) is 2. The molecule has 1 aromatic carbocycles. The van der Waals surface area contributed by atoms with Gasteiger partial charge in [-0.3, -0.25) is 14.3 Å². The SMILES string of the molecule is O=C(COc1ccc(CN2CCCC2)cc1)N1CCCC1c1cccc(-n2ccnc2)n1. The molecule has 1 atom stereocenters. The Kier molecular flexibility index (Phi) is 6.16.